The summed E-state index contributed by atoms with van der Waals surface area (Å²) in [5.74, 6) is -0.675. The molecule has 0 bridgehead atoms. The zero-order valence-corrected chi connectivity index (χ0v) is 16.2. The molecule has 2 heterocycles. The zero-order chi connectivity index (χ0) is 20.4. The van der Waals surface area contributed by atoms with E-state index in [2.05, 4.69) is 15.3 Å². The minimum atomic E-state index is -0.401. The molecule has 0 spiro atoms. The van der Waals surface area contributed by atoms with Gasteiger partial charge >= 0.3 is 0 Å². The van der Waals surface area contributed by atoms with Gasteiger partial charge in [-0.1, -0.05) is 12.1 Å². The molecule has 5 heteroatoms. The van der Waals surface area contributed by atoms with Crippen molar-refractivity contribution in [2.24, 2.45) is 0 Å². The maximum absolute atomic E-state index is 13.9. The van der Waals surface area contributed by atoms with Crippen LogP contribution in [0.25, 0.3) is 22.2 Å². The molecule has 0 unspecified atom stereocenters. The van der Waals surface area contributed by atoms with Gasteiger partial charge in [-0.3, -0.25) is 9.78 Å². The van der Waals surface area contributed by atoms with Crippen molar-refractivity contribution in [3.05, 3.63) is 95.1 Å². The lowest BCUT2D eigenvalue weighted by Crippen LogP contribution is -2.23. The molecule has 144 valence electrons. The van der Waals surface area contributed by atoms with Gasteiger partial charge in [0.2, 0.25) is 0 Å². The molecule has 0 saturated heterocycles. The van der Waals surface area contributed by atoms with Crippen molar-refractivity contribution in [3.8, 4) is 11.3 Å². The molecule has 29 heavy (non-hydrogen) atoms. The first kappa shape index (κ1) is 18.7. The minimum absolute atomic E-state index is 0.273. The predicted molar refractivity (Wildman–Crippen MR) is 112 cm³/mol. The summed E-state index contributed by atoms with van der Waals surface area (Å²) in [5.41, 5.74) is 5.85. The number of pyridine rings is 2. The number of aryl methyl sites for hydroxylation is 2. The number of carbonyl (C=O) groups is 1. The average Bonchev–Trinajstić information content (AvgIpc) is 2.74. The van der Waals surface area contributed by atoms with Gasteiger partial charge in [0.1, 0.15) is 5.82 Å². The molecule has 0 atom stereocenters. The van der Waals surface area contributed by atoms with Crippen molar-refractivity contribution in [3.63, 3.8) is 0 Å². The van der Waals surface area contributed by atoms with E-state index in [0.29, 0.717) is 28.7 Å². The number of nitrogens with zero attached hydrogens (tertiary/aromatic N) is 2. The Bertz CT molecular complexity index is 1210. The summed E-state index contributed by atoms with van der Waals surface area (Å²) >= 11 is 0. The molecule has 0 aliphatic rings. The molecule has 0 aliphatic heterocycles. The molecular formula is C24H20FN3O. The maximum atomic E-state index is 13.9. The highest BCUT2D eigenvalue weighted by Gasteiger charge is 2.15. The fourth-order valence-corrected chi connectivity index (χ4v) is 3.21. The van der Waals surface area contributed by atoms with Gasteiger partial charge in [-0.25, -0.2) is 9.37 Å². The Balaban J connectivity index is 1.77. The summed E-state index contributed by atoms with van der Waals surface area (Å²) < 4.78 is 13.9. The number of hydrogen-bond acceptors (Lipinski definition) is 3. The average molecular weight is 385 g/mol. The molecule has 2 aromatic heterocycles. The monoisotopic (exact) mass is 385 g/mol. The molecule has 0 fully saturated rings. The van der Waals surface area contributed by atoms with Crippen LogP contribution in [0.4, 0.5) is 4.39 Å². The van der Waals surface area contributed by atoms with Crippen LogP contribution in [0.15, 0.2) is 67.0 Å². The lowest BCUT2D eigenvalue weighted by molar-refractivity contribution is 0.0952. The quantitative estimate of drug-likeness (QED) is 0.539. The number of nitrogens with one attached hydrogen (secondary N) is 1. The van der Waals surface area contributed by atoms with Crippen molar-refractivity contribution < 1.29 is 9.18 Å². The topological polar surface area (TPSA) is 54.9 Å². The third kappa shape index (κ3) is 3.99. The zero-order valence-electron chi connectivity index (χ0n) is 16.2. The SMILES string of the molecule is Cc1ccc(-c2cc(C(=O)NCc3ccncc3)c3cc(F)ccc3n2)cc1C. The first-order valence-corrected chi connectivity index (χ1v) is 9.36. The second-order valence-electron chi connectivity index (χ2n) is 7.05. The van der Waals surface area contributed by atoms with Crippen LogP contribution in [-0.4, -0.2) is 15.9 Å². The molecule has 4 rings (SSSR count). The molecule has 1 N–H and O–H groups in total. The van der Waals surface area contributed by atoms with E-state index in [1.165, 1.54) is 17.7 Å². The first-order chi connectivity index (χ1) is 14.0. The smallest absolute Gasteiger partial charge is 0.252 e. The van der Waals surface area contributed by atoms with Gasteiger partial charge in [0.15, 0.2) is 0 Å². The van der Waals surface area contributed by atoms with E-state index in [1.54, 1.807) is 24.5 Å². The van der Waals surface area contributed by atoms with E-state index in [9.17, 15) is 9.18 Å². The summed E-state index contributed by atoms with van der Waals surface area (Å²) in [5, 5.41) is 3.40. The molecular weight excluding hydrogens is 365 g/mol. The van der Waals surface area contributed by atoms with Gasteiger partial charge < -0.3 is 5.32 Å². The minimum Gasteiger partial charge on any atom is -0.348 e. The van der Waals surface area contributed by atoms with Crippen LogP contribution in [0.3, 0.4) is 0 Å². The van der Waals surface area contributed by atoms with Crippen LogP contribution < -0.4 is 5.32 Å². The fraction of sp³-hybridized carbons (Fsp3) is 0.125. The van der Waals surface area contributed by atoms with Crippen molar-refractivity contribution in [1.29, 1.82) is 0 Å². The van der Waals surface area contributed by atoms with E-state index < -0.39 is 5.82 Å². The molecule has 0 radical (unpaired) electrons. The highest BCUT2D eigenvalue weighted by Crippen LogP contribution is 2.27. The number of halogens is 1. The summed E-state index contributed by atoms with van der Waals surface area (Å²) in [6.07, 6.45) is 3.35. The van der Waals surface area contributed by atoms with E-state index >= 15 is 0 Å². The summed E-state index contributed by atoms with van der Waals surface area (Å²) in [6.45, 7) is 4.45. The van der Waals surface area contributed by atoms with Crippen molar-refractivity contribution in [2.45, 2.75) is 20.4 Å². The number of rotatable bonds is 4. The number of aromatic nitrogens is 2. The second kappa shape index (κ2) is 7.80. The van der Waals surface area contributed by atoms with Gasteiger partial charge in [-0.2, -0.15) is 0 Å². The van der Waals surface area contributed by atoms with Crippen LogP contribution in [0, 0.1) is 19.7 Å². The van der Waals surface area contributed by atoms with Crippen LogP contribution in [0.1, 0.15) is 27.0 Å². The summed E-state index contributed by atoms with van der Waals surface area (Å²) in [4.78, 5) is 21.6. The molecule has 2 aromatic carbocycles. The maximum Gasteiger partial charge on any atom is 0.252 e. The standard InChI is InChI=1S/C24H20FN3O/c1-15-3-4-18(11-16(15)2)23-13-21(20-12-19(25)5-6-22(20)28-23)24(29)27-14-17-7-9-26-10-8-17/h3-13H,14H2,1-2H3,(H,27,29). The Morgan fingerprint density at radius 3 is 2.52 bits per heavy atom. The number of benzene rings is 2. The van der Waals surface area contributed by atoms with E-state index in [1.807, 2.05) is 44.2 Å². The third-order valence-electron chi connectivity index (χ3n) is 5.02. The fourth-order valence-electron chi connectivity index (χ4n) is 3.21. The first-order valence-electron chi connectivity index (χ1n) is 9.36. The van der Waals surface area contributed by atoms with Gasteiger partial charge in [-0.15, -0.1) is 0 Å². The third-order valence-corrected chi connectivity index (χ3v) is 5.02. The van der Waals surface area contributed by atoms with Crippen molar-refractivity contribution in [1.82, 2.24) is 15.3 Å². The molecule has 4 aromatic rings. The van der Waals surface area contributed by atoms with Crippen LogP contribution in [0.2, 0.25) is 0 Å². The van der Waals surface area contributed by atoms with Gasteiger partial charge in [0.05, 0.1) is 16.8 Å². The number of amides is 1. The van der Waals surface area contributed by atoms with Crippen LogP contribution in [0.5, 0.6) is 0 Å². The Hall–Kier alpha value is -3.60. The Morgan fingerprint density at radius 2 is 1.76 bits per heavy atom. The van der Waals surface area contributed by atoms with Crippen molar-refractivity contribution in [2.75, 3.05) is 0 Å². The van der Waals surface area contributed by atoms with Crippen LogP contribution in [-0.2, 0) is 6.54 Å². The van der Waals surface area contributed by atoms with Crippen LogP contribution >= 0.6 is 0 Å². The highest BCUT2D eigenvalue weighted by molar-refractivity contribution is 6.07. The van der Waals surface area contributed by atoms with Crippen molar-refractivity contribution >= 4 is 16.8 Å². The van der Waals surface area contributed by atoms with E-state index in [-0.39, 0.29) is 5.91 Å². The van der Waals surface area contributed by atoms with Gasteiger partial charge in [0.25, 0.3) is 5.91 Å². The molecule has 0 aliphatic carbocycles. The highest BCUT2D eigenvalue weighted by atomic mass is 19.1. The summed E-state index contributed by atoms with van der Waals surface area (Å²) in [7, 11) is 0. The largest absolute Gasteiger partial charge is 0.348 e. The Kier molecular flexibility index (Phi) is 5.04. The lowest BCUT2D eigenvalue weighted by Gasteiger charge is -2.12. The number of fused-ring (bicyclic) bond motifs is 1. The number of carbonyl (C=O) groups excluding carboxylic acids is 1. The molecule has 4 nitrogen and oxygen atoms in total. The van der Waals surface area contributed by atoms with E-state index in [4.69, 9.17) is 0 Å². The van der Waals surface area contributed by atoms with Gasteiger partial charge in [0, 0.05) is 29.9 Å². The molecule has 0 saturated carbocycles. The van der Waals surface area contributed by atoms with Gasteiger partial charge in [-0.05, 0) is 73.0 Å². The number of hydrogen-bond donors (Lipinski definition) is 1. The second-order valence-corrected chi connectivity index (χ2v) is 7.05. The predicted octanol–water partition coefficient (Wildman–Crippen LogP) is 4.98. The Morgan fingerprint density at radius 1 is 0.966 bits per heavy atom. The summed E-state index contributed by atoms with van der Waals surface area (Å²) in [6, 6.07) is 15.8. The normalized spacial score (nSPS) is 10.9. The lowest BCUT2D eigenvalue weighted by atomic mass is 10.0. The van der Waals surface area contributed by atoms with E-state index in [0.717, 1.165) is 16.7 Å². The molecule has 1 amide bonds. The Labute approximate surface area is 168 Å².